The molecule has 1 unspecified atom stereocenters. The Labute approximate surface area is 66.2 Å². The van der Waals surface area contributed by atoms with Gasteiger partial charge in [0.25, 0.3) is 0 Å². The lowest BCUT2D eigenvalue weighted by atomic mass is 10.2. The highest BCUT2D eigenvalue weighted by atomic mass is 16.3. The SMILES string of the molecule is CC(O)CN1NCCCC1=O. The minimum absolute atomic E-state index is 0.0807. The Morgan fingerprint density at radius 3 is 3.09 bits per heavy atom. The molecular weight excluding hydrogens is 144 g/mol. The number of hydrogen-bond donors (Lipinski definition) is 2. The summed E-state index contributed by atoms with van der Waals surface area (Å²) in [6, 6.07) is 0. The van der Waals surface area contributed by atoms with Crippen molar-refractivity contribution < 1.29 is 9.90 Å². The molecule has 64 valence electrons. The van der Waals surface area contributed by atoms with Crippen molar-refractivity contribution in [3.8, 4) is 0 Å². The molecule has 0 aromatic rings. The van der Waals surface area contributed by atoms with Crippen molar-refractivity contribution in [3.63, 3.8) is 0 Å². The van der Waals surface area contributed by atoms with Crippen LogP contribution in [-0.4, -0.2) is 35.2 Å². The number of hydrazine groups is 1. The van der Waals surface area contributed by atoms with E-state index in [4.69, 9.17) is 5.11 Å². The quantitative estimate of drug-likeness (QED) is 0.569. The van der Waals surface area contributed by atoms with Crippen LogP contribution in [0.25, 0.3) is 0 Å². The smallest absolute Gasteiger partial charge is 0.236 e. The van der Waals surface area contributed by atoms with Gasteiger partial charge in [-0.2, -0.15) is 0 Å². The molecular formula is C7H14N2O2. The second-order valence-electron chi connectivity index (χ2n) is 2.87. The van der Waals surface area contributed by atoms with Gasteiger partial charge in [0.15, 0.2) is 0 Å². The molecule has 0 radical (unpaired) electrons. The van der Waals surface area contributed by atoms with Gasteiger partial charge in [-0.3, -0.25) is 9.80 Å². The van der Waals surface area contributed by atoms with E-state index < -0.39 is 6.10 Å². The molecule has 1 fully saturated rings. The van der Waals surface area contributed by atoms with Gasteiger partial charge in [-0.25, -0.2) is 5.43 Å². The second-order valence-corrected chi connectivity index (χ2v) is 2.87. The fraction of sp³-hybridized carbons (Fsp3) is 0.857. The van der Waals surface area contributed by atoms with Crippen LogP contribution in [-0.2, 0) is 4.79 Å². The van der Waals surface area contributed by atoms with E-state index in [1.165, 1.54) is 5.01 Å². The Morgan fingerprint density at radius 1 is 1.82 bits per heavy atom. The Kier molecular flexibility index (Phi) is 2.84. The number of aliphatic hydroxyl groups is 1. The molecule has 11 heavy (non-hydrogen) atoms. The van der Waals surface area contributed by atoms with Crippen LogP contribution in [0.5, 0.6) is 0 Å². The monoisotopic (exact) mass is 158 g/mol. The van der Waals surface area contributed by atoms with Crippen LogP contribution >= 0.6 is 0 Å². The summed E-state index contributed by atoms with van der Waals surface area (Å²) in [5.74, 6) is 0.0807. The van der Waals surface area contributed by atoms with Crippen LogP contribution < -0.4 is 5.43 Å². The zero-order valence-corrected chi connectivity index (χ0v) is 6.71. The van der Waals surface area contributed by atoms with Crippen LogP contribution in [0.15, 0.2) is 0 Å². The van der Waals surface area contributed by atoms with Gasteiger partial charge in [0.1, 0.15) is 0 Å². The van der Waals surface area contributed by atoms with E-state index in [1.807, 2.05) is 0 Å². The van der Waals surface area contributed by atoms with Crippen molar-refractivity contribution in [2.45, 2.75) is 25.9 Å². The molecule has 1 aliphatic rings. The van der Waals surface area contributed by atoms with Crippen LogP contribution in [0.2, 0.25) is 0 Å². The third-order valence-electron chi connectivity index (χ3n) is 1.62. The summed E-state index contributed by atoms with van der Waals surface area (Å²) < 4.78 is 0. The topological polar surface area (TPSA) is 52.6 Å². The van der Waals surface area contributed by atoms with E-state index in [1.54, 1.807) is 6.92 Å². The number of amides is 1. The molecule has 2 N–H and O–H groups in total. The van der Waals surface area contributed by atoms with Gasteiger partial charge < -0.3 is 5.11 Å². The molecule has 1 saturated heterocycles. The summed E-state index contributed by atoms with van der Waals surface area (Å²) in [6.45, 7) is 2.89. The first-order valence-corrected chi connectivity index (χ1v) is 3.92. The summed E-state index contributed by atoms with van der Waals surface area (Å²) in [6.07, 6.45) is 1.04. The van der Waals surface area contributed by atoms with Crippen molar-refractivity contribution in [2.75, 3.05) is 13.1 Å². The first-order chi connectivity index (χ1) is 5.20. The van der Waals surface area contributed by atoms with Gasteiger partial charge in [0.2, 0.25) is 5.91 Å². The normalized spacial score (nSPS) is 22.0. The summed E-state index contributed by atoms with van der Waals surface area (Å²) >= 11 is 0. The van der Waals surface area contributed by atoms with Crippen molar-refractivity contribution in [2.24, 2.45) is 0 Å². The van der Waals surface area contributed by atoms with E-state index in [9.17, 15) is 4.79 Å². The molecule has 1 aliphatic heterocycles. The minimum Gasteiger partial charge on any atom is -0.392 e. The summed E-state index contributed by atoms with van der Waals surface area (Å²) in [4.78, 5) is 11.1. The molecule has 0 aliphatic carbocycles. The predicted molar refractivity (Wildman–Crippen MR) is 40.6 cm³/mol. The highest BCUT2D eigenvalue weighted by molar-refractivity contribution is 5.76. The number of carbonyl (C=O) groups is 1. The van der Waals surface area contributed by atoms with Gasteiger partial charge in [0, 0.05) is 13.0 Å². The van der Waals surface area contributed by atoms with Crippen molar-refractivity contribution >= 4 is 5.91 Å². The molecule has 1 heterocycles. The van der Waals surface area contributed by atoms with Crippen LogP contribution in [0.1, 0.15) is 19.8 Å². The fourth-order valence-electron chi connectivity index (χ4n) is 1.11. The number of carbonyl (C=O) groups excluding carboxylic acids is 1. The maximum atomic E-state index is 11.1. The summed E-state index contributed by atoms with van der Waals surface area (Å²) in [5, 5.41) is 10.5. The van der Waals surface area contributed by atoms with Crippen molar-refractivity contribution in [1.82, 2.24) is 10.4 Å². The van der Waals surface area contributed by atoms with Gasteiger partial charge in [-0.15, -0.1) is 0 Å². The molecule has 0 aromatic heterocycles. The molecule has 0 spiro atoms. The highest BCUT2D eigenvalue weighted by Gasteiger charge is 2.18. The van der Waals surface area contributed by atoms with Crippen LogP contribution in [0, 0.1) is 0 Å². The number of rotatable bonds is 2. The first-order valence-electron chi connectivity index (χ1n) is 3.92. The average molecular weight is 158 g/mol. The Hall–Kier alpha value is -0.610. The number of nitrogens with one attached hydrogen (secondary N) is 1. The van der Waals surface area contributed by atoms with Crippen LogP contribution in [0.3, 0.4) is 0 Å². The Balaban J connectivity index is 2.36. The molecule has 4 nitrogen and oxygen atoms in total. The lowest BCUT2D eigenvalue weighted by Gasteiger charge is -2.28. The molecule has 0 aromatic carbocycles. The molecule has 0 bridgehead atoms. The van der Waals surface area contributed by atoms with E-state index in [0.717, 1.165) is 13.0 Å². The van der Waals surface area contributed by atoms with E-state index >= 15 is 0 Å². The van der Waals surface area contributed by atoms with E-state index in [-0.39, 0.29) is 5.91 Å². The third kappa shape index (κ3) is 2.48. The molecule has 4 heteroatoms. The maximum Gasteiger partial charge on any atom is 0.236 e. The second kappa shape index (κ2) is 3.69. The first kappa shape index (κ1) is 8.49. The zero-order chi connectivity index (χ0) is 8.27. The predicted octanol–water partition coefficient (Wildman–Crippen LogP) is -0.506. The standard InChI is InChI=1S/C7H14N2O2/c1-6(10)5-9-7(11)3-2-4-8-9/h6,8,10H,2-5H2,1H3. The lowest BCUT2D eigenvalue weighted by Crippen LogP contribution is -2.49. The molecule has 1 atom stereocenters. The summed E-state index contributed by atoms with van der Waals surface area (Å²) in [7, 11) is 0. The van der Waals surface area contributed by atoms with Gasteiger partial charge in [-0.05, 0) is 13.3 Å². The van der Waals surface area contributed by atoms with Gasteiger partial charge >= 0.3 is 0 Å². The molecule has 1 rings (SSSR count). The third-order valence-corrected chi connectivity index (χ3v) is 1.62. The largest absolute Gasteiger partial charge is 0.392 e. The van der Waals surface area contributed by atoms with Crippen molar-refractivity contribution in [1.29, 1.82) is 0 Å². The number of β-amino-alcohol motifs (C(OH)–C–C–N with tert-alkyl or cyclic N) is 1. The van der Waals surface area contributed by atoms with Gasteiger partial charge in [-0.1, -0.05) is 0 Å². The minimum atomic E-state index is -0.454. The lowest BCUT2D eigenvalue weighted by molar-refractivity contribution is -0.138. The van der Waals surface area contributed by atoms with Gasteiger partial charge in [0.05, 0.1) is 12.6 Å². The van der Waals surface area contributed by atoms with Crippen molar-refractivity contribution in [3.05, 3.63) is 0 Å². The fourth-order valence-corrected chi connectivity index (χ4v) is 1.11. The van der Waals surface area contributed by atoms with E-state index in [0.29, 0.717) is 13.0 Å². The average Bonchev–Trinajstić information content (AvgIpc) is 1.93. The number of nitrogens with zero attached hydrogens (tertiary/aromatic N) is 1. The molecule has 0 saturated carbocycles. The number of hydrogen-bond acceptors (Lipinski definition) is 3. The molecule has 1 amide bonds. The van der Waals surface area contributed by atoms with E-state index in [2.05, 4.69) is 5.43 Å². The zero-order valence-electron chi connectivity index (χ0n) is 6.71. The Morgan fingerprint density at radius 2 is 2.55 bits per heavy atom. The maximum absolute atomic E-state index is 11.1. The van der Waals surface area contributed by atoms with Crippen LogP contribution in [0.4, 0.5) is 0 Å². The highest BCUT2D eigenvalue weighted by Crippen LogP contribution is 2.01. The summed E-state index contributed by atoms with van der Waals surface area (Å²) in [5.41, 5.74) is 2.92. The number of aliphatic hydroxyl groups excluding tert-OH is 1. The Bertz CT molecular complexity index is 147.